The molecule has 0 aliphatic carbocycles. The van der Waals surface area contributed by atoms with Crippen LogP contribution in [0.15, 0.2) is 34.0 Å². The number of hydrogen-bond donors (Lipinski definition) is 0. The van der Waals surface area contributed by atoms with Gasteiger partial charge in [0.15, 0.2) is 5.76 Å². The fourth-order valence-corrected chi connectivity index (χ4v) is 0.887. The fourth-order valence-electron chi connectivity index (χ4n) is 0.887. The summed E-state index contributed by atoms with van der Waals surface area (Å²) < 4.78 is 4.83. The molecule has 0 radical (unpaired) electrons. The minimum atomic E-state index is -0.622. The van der Waals surface area contributed by atoms with E-state index in [1.807, 2.05) is 0 Å². The summed E-state index contributed by atoms with van der Waals surface area (Å²) in [6, 6.07) is 2.68. The highest BCUT2D eigenvalue weighted by atomic mass is 16.6. The predicted octanol–water partition coefficient (Wildman–Crippen LogP) is 0.661. The van der Waals surface area contributed by atoms with E-state index >= 15 is 0 Å². The molecule has 0 aliphatic heterocycles. The van der Waals surface area contributed by atoms with E-state index in [4.69, 9.17) is 4.42 Å². The molecule has 0 aliphatic rings. The van der Waals surface area contributed by atoms with Gasteiger partial charge >= 0.3 is 5.88 Å². The average molecular weight is 207 g/mol. The highest BCUT2D eigenvalue weighted by Gasteiger charge is 2.10. The third-order valence-electron chi connectivity index (χ3n) is 1.49. The zero-order valence-corrected chi connectivity index (χ0v) is 7.35. The molecule has 0 amide bonds. The van der Waals surface area contributed by atoms with Crippen molar-refractivity contribution < 1.29 is 9.34 Å². The molecule has 0 spiro atoms. The molecular formula is C7H5N5O3. The number of hydrogen-bond acceptors (Lipinski definition) is 6. The number of rotatable bonds is 3. The number of nitrogens with zero attached hydrogens (tertiary/aromatic N) is 5. The molecule has 0 unspecified atom stereocenters. The Hall–Kier alpha value is -2.51. The van der Waals surface area contributed by atoms with E-state index in [0.717, 1.165) is 4.91 Å². The van der Waals surface area contributed by atoms with Crippen LogP contribution in [0.5, 0.6) is 0 Å². The molecule has 0 saturated heterocycles. The summed E-state index contributed by atoms with van der Waals surface area (Å²) in [5.41, 5.74) is 0. The van der Waals surface area contributed by atoms with Crippen LogP contribution in [0.25, 0.3) is 0 Å². The van der Waals surface area contributed by atoms with Gasteiger partial charge in [-0.1, -0.05) is 4.91 Å². The Morgan fingerprint density at radius 1 is 1.47 bits per heavy atom. The van der Waals surface area contributed by atoms with Gasteiger partial charge in [0.25, 0.3) is 0 Å². The first kappa shape index (κ1) is 9.06. The van der Waals surface area contributed by atoms with Gasteiger partial charge in [-0.2, -0.15) is 0 Å². The molecule has 2 aromatic rings. The maximum atomic E-state index is 10.3. The van der Waals surface area contributed by atoms with E-state index in [1.165, 1.54) is 30.7 Å². The minimum Gasteiger partial charge on any atom is -0.400 e. The van der Waals surface area contributed by atoms with Gasteiger partial charge in [-0.05, 0) is 6.07 Å². The lowest BCUT2D eigenvalue weighted by atomic mass is 10.5. The smallest absolute Gasteiger partial charge is 0.400 e. The average Bonchev–Trinajstić information content (AvgIpc) is 2.86. The molecule has 0 fully saturated rings. The Labute approximate surface area is 83.0 Å². The van der Waals surface area contributed by atoms with E-state index in [9.17, 15) is 10.1 Å². The van der Waals surface area contributed by atoms with Crippen LogP contribution in [0.4, 0.5) is 5.88 Å². The predicted molar refractivity (Wildman–Crippen MR) is 48.4 cm³/mol. The van der Waals surface area contributed by atoms with Crippen molar-refractivity contribution in [1.29, 1.82) is 0 Å². The van der Waals surface area contributed by atoms with Crippen molar-refractivity contribution in [2.45, 2.75) is 0 Å². The molecule has 0 atom stereocenters. The van der Waals surface area contributed by atoms with Crippen molar-refractivity contribution in [3.05, 3.63) is 40.4 Å². The zero-order valence-electron chi connectivity index (χ0n) is 7.35. The van der Waals surface area contributed by atoms with Crippen molar-refractivity contribution >= 4 is 12.1 Å². The van der Waals surface area contributed by atoms with Crippen molar-refractivity contribution in [2.75, 3.05) is 0 Å². The third kappa shape index (κ3) is 2.05. The summed E-state index contributed by atoms with van der Waals surface area (Å²) in [5.74, 6) is -0.0659. The second-order valence-corrected chi connectivity index (χ2v) is 2.48. The first-order valence-corrected chi connectivity index (χ1v) is 3.90. The Bertz CT molecular complexity index is 486. The van der Waals surface area contributed by atoms with E-state index in [-0.39, 0.29) is 11.6 Å². The summed E-state index contributed by atoms with van der Waals surface area (Å²) in [6.07, 6.45) is 4.21. The summed E-state index contributed by atoms with van der Waals surface area (Å²) in [4.78, 5) is 10.7. The van der Waals surface area contributed by atoms with Crippen LogP contribution >= 0.6 is 0 Å². The van der Waals surface area contributed by atoms with Crippen molar-refractivity contribution in [3.8, 4) is 0 Å². The van der Waals surface area contributed by atoms with E-state index in [0.29, 0.717) is 0 Å². The molecule has 15 heavy (non-hydrogen) atoms. The number of nitro groups is 1. The number of aromatic nitrogens is 3. The molecule has 76 valence electrons. The van der Waals surface area contributed by atoms with Gasteiger partial charge in [0.1, 0.15) is 4.92 Å². The van der Waals surface area contributed by atoms with Gasteiger partial charge in [0.05, 0.1) is 24.7 Å². The molecule has 2 aromatic heterocycles. The van der Waals surface area contributed by atoms with Crippen molar-refractivity contribution in [1.82, 2.24) is 15.1 Å². The number of furan rings is 1. The molecular weight excluding hydrogens is 202 g/mol. The Kier molecular flexibility index (Phi) is 2.23. The van der Waals surface area contributed by atoms with E-state index in [2.05, 4.69) is 15.3 Å². The van der Waals surface area contributed by atoms with Crippen LogP contribution in [0.1, 0.15) is 5.76 Å². The molecule has 2 heterocycles. The summed E-state index contributed by atoms with van der Waals surface area (Å²) in [7, 11) is 0. The van der Waals surface area contributed by atoms with Gasteiger partial charge in [-0.3, -0.25) is 10.1 Å². The van der Waals surface area contributed by atoms with Crippen LogP contribution < -0.4 is 0 Å². The minimum absolute atomic E-state index is 0.263. The van der Waals surface area contributed by atoms with Crippen LogP contribution in [0.2, 0.25) is 0 Å². The second kappa shape index (κ2) is 3.70. The van der Waals surface area contributed by atoms with Gasteiger partial charge in [-0.15, -0.1) is 15.3 Å². The Balaban J connectivity index is 2.14. The molecule has 8 nitrogen and oxygen atoms in total. The van der Waals surface area contributed by atoms with Gasteiger partial charge in [0.2, 0.25) is 0 Å². The summed E-state index contributed by atoms with van der Waals surface area (Å²) in [5, 5.41) is 21.5. The molecule has 8 heteroatoms. The van der Waals surface area contributed by atoms with Crippen LogP contribution in [-0.2, 0) is 0 Å². The van der Waals surface area contributed by atoms with Crippen LogP contribution in [0, 0.1) is 10.1 Å². The SMILES string of the molecule is O=[N+]([O-])c1ccc(C=Nn2nccn2)o1. The maximum Gasteiger partial charge on any atom is 0.433 e. The maximum absolute atomic E-state index is 10.3. The van der Waals surface area contributed by atoms with Crippen molar-refractivity contribution in [2.24, 2.45) is 5.10 Å². The largest absolute Gasteiger partial charge is 0.433 e. The Morgan fingerprint density at radius 2 is 2.20 bits per heavy atom. The summed E-state index contributed by atoms with van der Waals surface area (Å²) >= 11 is 0. The first-order chi connectivity index (χ1) is 7.25. The van der Waals surface area contributed by atoms with Gasteiger partial charge in [0, 0.05) is 0 Å². The standard InChI is InChI=1S/C7H5N5O3/c13-11(14)7-2-1-6(15-7)5-10-12-8-3-4-9-12/h1-5H. The van der Waals surface area contributed by atoms with Gasteiger partial charge in [-0.25, -0.2) is 0 Å². The molecule has 0 aromatic carbocycles. The van der Waals surface area contributed by atoms with Crippen LogP contribution in [-0.4, -0.2) is 26.2 Å². The lowest BCUT2D eigenvalue weighted by Crippen LogP contribution is -1.93. The lowest BCUT2D eigenvalue weighted by molar-refractivity contribution is -0.402. The third-order valence-corrected chi connectivity index (χ3v) is 1.49. The van der Waals surface area contributed by atoms with E-state index in [1.54, 1.807) is 0 Å². The quantitative estimate of drug-likeness (QED) is 0.418. The topological polar surface area (TPSA) is 99.3 Å². The molecule has 2 rings (SSSR count). The van der Waals surface area contributed by atoms with Gasteiger partial charge < -0.3 is 4.42 Å². The Morgan fingerprint density at radius 3 is 2.80 bits per heavy atom. The van der Waals surface area contributed by atoms with E-state index < -0.39 is 4.92 Å². The first-order valence-electron chi connectivity index (χ1n) is 3.90. The molecule has 0 bridgehead atoms. The highest BCUT2D eigenvalue weighted by molar-refractivity contribution is 5.75. The zero-order chi connectivity index (χ0) is 10.7. The van der Waals surface area contributed by atoms with Crippen molar-refractivity contribution in [3.63, 3.8) is 0 Å². The normalized spacial score (nSPS) is 10.9. The summed E-state index contributed by atoms with van der Waals surface area (Å²) in [6.45, 7) is 0. The molecule has 0 saturated carbocycles. The van der Waals surface area contributed by atoms with Crippen LogP contribution in [0.3, 0.4) is 0 Å². The molecule has 0 N–H and O–H groups in total. The fraction of sp³-hybridized carbons (Fsp3) is 0. The lowest BCUT2D eigenvalue weighted by Gasteiger charge is -1.85. The highest BCUT2D eigenvalue weighted by Crippen LogP contribution is 2.13. The second-order valence-electron chi connectivity index (χ2n) is 2.48. The monoisotopic (exact) mass is 207 g/mol.